The van der Waals surface area contributed by atoms with E-state index in [4.69, 9.17) is 4.74 Å². The molecule has 5 heterocycles. The fourth-order valence-electron chi connectivity index (χ4n) is 4.79. The molecule has 3 fully saturated rings. The summed E-state index contributed by atoms with van der Waals surface area (Å²) >= 11 is 0. The van der Waals surface area contributed by atoms with Crippen molar-refractivity contribution in [2.75, 3.05) is 31.6 Å². The Morgan fingerprint density at radius 3 is 3.07 bits per heavy atom. The van der Waals surface area contributed by atoms with E-state index < -0.39 is 0 Å². The van der Waals surface area contributed by atoms with Gasteiger partial charge in [0, 0.05) is 39.1 Å². The largest absolute Gasteiger partial charge is 0.373 e. The molecule has 0 saturated carbocycles. The lowest BCUT2D eigenvalue weighted by Gasteiger charge is -2.34. The van der Waals surface area contributed by atoms with Gasteiger partial charge in [-0.25, -0.2) is 4.98 Å². The molecule has 3 saturated heterocycles. The molecule has 4 atom stereocenters. The van der Waals surface area contributed by atoms with E-state index in [0.717, 1.165) is 56.3 Å². The molecule has 5 rings (SSSR count). The van der Waals surface area contributed by atoms with Crippen LogP contribution in [0, 0.1) is 5.92 Å². The van der Waals surface area contributed by atoms with E-state index in [1.54, 1.807) is 6.33 Å². The van der Waals surface area contributed by atoms with Crippen molar-refractivity contribution in [2.45, 2.75) is 50.4 Å². The van der Waals surface area contributed by atoms with Gasteiger partial charge in [0.15, 0.2) is 11.8 Å². The number of nitrogens with one attached hydrogen (secondary N) is 2. The van der Waals surface area contributed by atoms with Gasteiger partial charge in [0.25, 0.3) is 0 Å². The highest BCUT2D eigenvalue weighted by atomic mass is 127. The SMILES string of the molecule is CN=C(NCC1CCCN(c2nccn3cnnc23)C1)NC1CC2CCC1O2.I. The highest BCUT2D eigenvalue weighted by molar-refractivity contribution is 14.0. The van der Waals surface area contributed by atoms with Gasteiger partial charge >= 0.3 is 0 Å². The summed E-state index contributed by atoms with van der Waals surface area (Å²) in [5.74, 6) is 2.34. The topological polar surface area (TPSA) is 92.0 Å². The number of fused-ring (bicyclic) bond motifs is 3. The third kappa shape index (κ3) is 4.27. The van der Waals surface area contributed by atoms with Gasteiger partial charge in [0.1, 0.15) is 6.33 Å². The monoisotopic (exact) mass is 512 g/mol. The van der Waals surface area contributed by atoms with Crippen LogP contribution in [-0.4, -0.2) is 70.5 Å². The Morgan fingerprint density at radius 1 is 1.34 bits per heavy atom. The molecule has 2 N–H and O–H groups in total. The molecular weight excluding hydrogens is 483 g/mol. The number of guanidine groups is 1. The van der Waals surface area contributed by atoms with E-state index >= 15 is 0 Å². The molecule has 3 aliphatic heterocycles. The molecular formula is C19H29IN8O. The number of hydrogen-bond donors (Lipinski definition) is 2. The first-order valence-electron chi connectivity index (χ1n) is 10.3. The van der Waals surface area contributed by atoms with E-state index in [1.165, 1.54) is 12.8 Å². The van der Waals surface area contributed by atoms with Crippen LogP contribution in [0.3, 0.4) is 0 Å². The zero-order valence-corrected chi connectivity index (χ0v) is 19.0. The molecule has 9 nitrogen and oxygen atoms in total. The van der Waals surface area contributed by atoms with E-state index in [0.29, 0.717) is 24.2 Å². The van der Waals surface area contributed by atoms with Crippen LogP contribution in [0.5, 0.6) is 0 Å². The van der Waals surface area contributed by atoms with Crippen LogP contribution in [-0.2, 0) is 4.74 Å². The van der Waals surface area contributed by atoms with Crippen molar-refractivity contribution in [1.29, 1.82) is 0 Å². The average Bonchev–Trinajstić information content (AvgIpc) is 3.47. The number of rotatable bonds is 4. The number of halogens is 1. The van der Waals surface area contributed by atoms with Crippen molar-refractivity contribution in [1.82, 2.24) is 30.2 Å². The Balaban J connectivity index is 0.00000205. The number of piperidine rings is 1. The molecule has 4 unspecified atom stereocenters. The number of anilines is 1. The van der Waals surface area contributed by atoms with E-state index in [2.05, 4.69) is 35.7 Å². The van der Waals surface area contributed by atoms with Crippen molar-refractivity contribution in [3.05, 3.63) is 18.7 Å². The smallest absolute Gasteiger partial charge is 0.203 e. The first-order valence-corrected chi connectivity index (χ1v) is 10.3. The van der Waals surface area contributed by atoms with Crippen molar-refractivity contribution < 1.29 is 4.74 Å². The summed E-state index contributed by atoms with van der Waals surface area (Å²) in [7, 11) is 1.84. The summed E-state index contributed by atoms with van der Waals surface area (Å²) in [4.78, 5) is 11.3. The first-order chi connectivity index (χ1) is 13.8. The maximum absolute atomic E-state index is 5.94. The maximum atomic E-state index is 5.94. The third-order valence-electron chi connectivity index (χ3n) is 6.23. The van der Waals surface area contributed by atoms with Gasteiger partial charge in [0.2, 0.25) is 5.65 Å². The van der Waals surface area contributed by atoms with Crippen LogP contribution < -0.4 is 15.5 Å². The molecule has 10 heteroatoms. The van der Waals surface area contributed by atoms with Gasteiger partial charge in [-0.1, -0.05) is 0 Å². The van der Waals surface area contributed by atoms with Gasteiger partial charge < -0.3 is 20.3 Å². The van der Waals surface area contributed by atoms with Crippen LogP contribution in [0.4, 0.5) is 5.82 Å². The summed E-state index contributed by atoms with van der Waals surface area (Å²) in [6.07, 6.45) is 12.0. The number of aromatic nitrogens is 4. The summed E-state index contributed by atoms with van der Waals surface area (Å²) < 4.78 is 7.87. The van der Waals surface area contributed by atoms with Crippen molar-refractivity contribution in [3.63, 3.8) is 0 Å². The number of ether oxygens (including phenoxy) is 1. The van der Waals surface area contributed by atoms with Gasteiger partial charge in [0.05, 0.1) is 18.2 Å². The molecule has 2 aromatic rings. The minimum absolute atomic E-state index is 0. The first kappa shape index (κ1) is 20.6. The van der Waals surface area contributed by atoms with Crippen molar-refractivity contribution in [2.24, 2.45) is 10.9 Å². The Morgan fingerprint density at radius 2 is 2.28 bits per heavy atom. The van der Waals surface area contributed by atoms with Crippen LogP contribution in [0.2, 0.25) is 0 Å². The lowest BCUT2D eigenvalue weighted by atomic mass is 9.95. The van der Waals surface area contributed by atoms with Crippen LogP contribution in [0.15, 0.2) is 23.7 Å². The molecule has 0 amide bonds. The molecule has 158 valence electrons. The second-order valence-electron chi connectivity index (χ2n) is 8.08. The highest BCUT2D eigenvalue weighted by Crippen LogP contribution is 2.34. The van der Waals surface area contributed by atoms with Crippen molar-refractivity contribution in [3.8, 4) is 0 Å². The molecule has 0 spiro atoms. The summed E-state index contributed by atoms with van der Waals surface area (Å²) in [6.45, 7) is 2.86. The maximum Gasteiger partial charge on any atom is 0.203 e. The Hall–Kier alpha value is -1.69. The second kappa shape index (κ2) is 8.99. The van der Waals surface area contributed by atoms with Crippen LogP contribution >= 0.6 is 24.0 Å². The minimum Gasteiger partial charge on any atom is -0.373 e. The summed E-state index contributed by atoms with van der Waals surface area (Å²) in [6, 6.07) is 0.391. The van der Waals surface area contributed by atoms with Gasteiger partial charge in [-0.2, -0.15) is 0 Å². The van der Waals surface area contributed by atoms with E-state index in [-0.39, 0.29) is 24.0 Å². The van der Waals surface area contributed by atoms with E-state index in [1.807, 2.05) is 23.8 Å². The fourth-order valence-corrected chi connectivity index (χ4v) is 4.79. The normalized spacial score (nSPS) is 29.1. The molecule has 3 aliphatic rings. The Bertz CT molecular complexity index is 858. The molecule has 29 heavy (non-hydrogen) atoms. The summed E-state index contributed by atoms with van der Waals surface area (Å²) in [5, 5.41) is 15.3. The Kier molecular flexibility index (Phi) is 6.38. The van der Waals surface area contributed by atoms with Gasteiger partial charge in [-0.15, -0.1) is 34.2 Å². The predicted molar refractivity (Wildman–Crippen MR) is 122 cm³/mol. The molecule has 0 aromatic carbocycles. The predicted octanol–water partition coefficient (Wildman–Crippen LogP) is 1.44. The molecule has 0 radical (unpaired) electrons. The minimum atomic E-state index is 0. The zero-order chi connectivity index (χ0) is 18.9. The van der Waals surface area contributed by atoms with Crippen LogP contribution in [0.25, 0.3) is 5.65 Å². The number of hydrogen-bond acceptors (Lipinski definition) is 6. The second-order valence-corrected chi connectivity index (χ2v) is 8.08. The number of nitrogens with zero attached hydrogens (tertiary/aromatic N) is 6. The summed E-state index contributed by atoms with van der Waals surface area (Å²) in [5.41, 5.74) is 0.824. The number of aliphatic imine (C=N–C) groups is 1. The molecule has 2 aromatic heterocycles. The lowest BCUT2D eigenvalue weighted by molar-refractivity contribution is 0.0992. The average molecular weight is 512 g/mol. The zero-order valence-electron chi connectivity index (χ0n) is 16.7. The molecule has 2 bridgehead atoms. The third-order valence-corrected chi connectivity index (χ3v) is 6.23. The van der Waals surface area contributed by atoms with Crippen molar-refractivity contribution >= 4 is 41.4 Å². The Labute approximate surface area is 187 Å². The van der Waals surface area contributed by atoms with E-state index in [9.17, 15) is 0 Å². The lowest BCUT2D eigenvalue weighted by Crippen LogP contribution is -2.49. The van der Waals surface area contributed by atoms with Gasteiger partial charge in [-0.3, -0.25) is 9.39 Å². The standard InChI is InChI=1S/C19H28N8O.HI/c1-20-19(24-15-9-14-4-5-16(15)28-14)22-10-13-3-2-7-26(11-13)17-18-25-23-12-27(18)8-6-21-17;/h6,8,12-16H,2-5,7,9-11H2,1H3,(H2,20,22,24);1H. The van der Waals surface area contributed by atoms with Gasteiger partial charge in [-0.05, 0) is 38.0 Å². The van der Waals surface area contributed by atoms with Crippen LogP contribution in [0.1, 0.15) is 32.1 Å². The quantitative estimate of drug-likeness (QED) is 0.364. The fraction of sp³-hybridized carbons (Fsp3) is 0.684. The molecule has 0 aliphatic carbocycles. The highest BCUT2D eigenvalue weighted by Gasteiger charge is 2.41.